The minimum Gasteiger partial charge on any atom is -0.481 e. The second kappa shape index (κ2) is 11.9. The number of rotatable bonds is 9. The number of methoxy groups -OCH3 is 1. The van der Waals surface area contributed by atoms with Crippen molar-refractivity contribution in [3.05, 3.63) is 53.1 Å². The Morgan fingerprint density at radius 3 is 2.65 bits per heavy atom. The lowest BCUT2D eigenvalue weighted by atomic mass is 9.87. The van der Waals surface area contributed by atoms with Gasteiger partial charge in [0.05, 0.1) is 37.2 Å². The molecule has 1 aromatic heterocycles. The molecule has 2 aliphatic rings. The number of anilines is 2. The number of carboxylic acids is 1. The van der Waals surface area contributed by atoms with Crippen LogP contribution < -0.4 is 5.32 Å². The Hall–Kier alpha value is -3.57. The summed E-state index contributed by atoms with van der Waals surface area (Å²) in [5.41, 5.74) is 1.58. The number of ether oxygens (including phenoxy) is 2. The molecule has 1 aliphatic heterocycles. The summed E-state index contributed by atoms with van der Waals surface area (Å²) in [6.07, 6.45) is 2.70. The van der Waals surface area contributed by atoms with Crippen LogP contribution in [0.1, 0.15) is 43.2 Å². The second-order valence-electron chi connectivity index (χ2n) is 10.6. The first-order valence-corrected chi connectivity index (χ1v) is 13.5. The number of halogens is 2. The highest BCUT2D eigenvalue weighted by molar-refractivity contribution is 5.83. The number of hydrogen-bond donors (Lipinski definition) is 2. The van der Waals surface area contributed by atoms with Gasteiger partial charge in [0.15, 0.2) is 11.4 Å². The zero-order chi connectivity index (χ0) is 28.4. The molecule has 9 nitrogen and oxygen atoms in total. The van der Waals surface area contributed by atoms with Crippen molar-refractivity contribution < 1.29 is 37.4 Å². The van der Waals surface area contributed by atoms with E-state index in [9.17, 15) is 19.1 Å². The van der Waals surface area contributed by atoms with Crippen molar-refractivity contribution in [2.75, 3.05) is 25.6 Å². The van der Waals surface area contributed by atoms with Crippen molar-refractivity contribution in [1.82, 2.24) is 9.88 Å². The largest absolute Gasteiger partial charge is 0.481 e. The third kappa shape index (κ3) is 6.10. The lowest BCUT2D eigenvalue weighted by molar-refractivity contribution is -0.144. The second-order valence-corrected chi connectivity index (χ2v) is 10.6. The fourth-order valence-corrected chi connectivity index (χ4v) is 5.65. The van der Waals surface area contributed by atoms with Gasteiger partial charge in [-0.1, -0.05) is 12.1 Å². The molecule has 1 saturated heterocycles. The first kappa shape index (κ1) is 28.0. The molecule has 0 bridgehead atoms. The fraction of sp³-hybridized carbons (Fsp3) is 0.483. The lowest BCUT2D eigenvalue weighted by Gasteiger charge is -2.28. The number of aliphatic carboxylic acids is 1. The molecule has 1 amide bonds. The SMILES string of the molecule is COC[C@@H]1C[C@@H](OC2CCC(C(=O)O)CC2)CN1C(=O)Cc1ccc2nc(Nc3cc(F)ccc3C)oc2c1F. The van der Waals surface area contributed by atoms with Gasteiger partial charge in [0.2, 0.25) is 5.91 Å². The van der Waals surface area contributed by atoms with E-state index in [1.807, 2.05) is 0 Å². The molecule has 3 aromatic rings. The summed E-state index contributed by atoms with van der Waals surface area (Å²) in [5.74, 6) is -2.44. The van der Waals surface area contributed by atoms with Crippen molar-refractivity contribution in [3.63, 3.8) is 0 Å². The number of aryl methyl sites for hydroxylation is 1. The number of fused-ring (bicyclic) bond motifs is 1. The van der Waals surface area contributed by atoms with E-state index < -0.39 is 17.6 Å². The maximum absolute atomic E-state index is 15.4. The third-order valence-electron chi connectivity index (χ3n) is 7.82. The van der Waals surface area contributed by atoms with Crippen LogP contribution in [0, 0.1) is 24.5 Å². The Balaban J connectivity index is 1.25. The Bertz CT molecular complexity index is 1390. The topological polar surface area (TPSA) is 114 Å². The van der Waals surface area contributed by atoms with Crippen LogP contribution in [0.15, 0.2) is 34.7 Å². The van der Waals surface area contributed by atoms with E-state index in [2.05, 4.69) is 10.3 Å². The van der Waals surface area contributed by atoms with E-state index in [1.54, 1.807) is 31.1 Å². The molecule has 11 heteroatoms. The number of aromatic nitrogens is 1. The molecule has 0 unspecified atom stereocenters. The molecule has 1 saturated carbocycles. The highest BCUT2D eigenvalue weighted by Gasteiger charge is 2.38. The van der Waals surface area contributed by atoms with Gasteiger partial charge >= 0.3 is 5.97 Å². The Labute approximate surface area is 230 Å². The van der Waals surface area contributed by atoms with Gasteiger partial charge < -0.3 is 29.2 Å². The molecule has 2 N–H and O–H groups in total. The summed E-state index contributed by atoms with van der Waals surface area (Å²) in [6, 6.07) is 7.17. The molecule has 2 fully saturated rings. The van der Waals surface area contributed by atoms with E-state index in [-0.39, 0.29) is 59.2 Å². The number of nitrogens with one attached hydrogen (secondary N) is 1. The highest BCUT2D eigenvalue weighted by atomic mass is 19.1. The maximum Gasteiger partial charge on any atom is 0.306 e. The van der Waals surface area contributed by atoms with E-state index in [0.29, 0.717) is 50.9 Å². The minimum atomic E-state index is -0.763. The van der Waals surface area contributed by atoms with E-state index in [0.717, 1.165) is 5.56 Å². The average molecular weight is 558 g/mol. The van der Waals surface area contributed by atoms with Crippen LogP contribution >= 0.6 is 0 Å². The number of nitrogens with zero attached hydrogens (tertiary/aromatic N) is 2. The van der Waals surface area contributed by atoms with Crippen molar-refractivity contribution in [1.29, 1.82) is 0 Å². The number of oxazole rings is 1. The predicted molar refractivity (Wildman–Crippen MR) is 142 cm³/mol. The predicted octanol–water partition coefficient (Wildman–Crippen LogP) is 4.98. The van der Waals surface area contributed by atoms with Crippen molar-refractivity contribution in [2.45, 2.75) is 63.7 Å². The highest BCUT2D eigenvalue weighted by Crippen LogP contribution is 2.32. The van der Waals surface area contributed by atoms with Gasteiger partial charge in [0.25, 0.3) is 6.01 Å². The van der Waals surface area contributed by atoms with Gasteiger partial charge in [-0.15, -0.1) is 0 Å². The van der Waals surface area contributed by atoms with E-state index >= 15 is 4.39 Å². The molecule has 214 valence electrons. The first-order valence-electron chi connectivity index (χ1n) is 13.5. The van der Waals surface area contributed by atoms with Crippen LogP contribution in [0.5, 0.6) is 0 Å². The summed E-state index contributed by atoms with van der Waals surface area (Å²) in [5, 5.41) is 12.1. The Kier molecular flexibility index (Phi) is 8.32. The molecule has 40 heavy (non-hydrogen) atoms. The van der Waals surface area contributed by atoms with Crippen molar-refractivity contribution in [3.8, 4) is 0 Å². The molecule has 2 atom stereocenters. The Morgan fingerprint density at radius 1 is 1.15 bits per heavy atom. The monoisotopic (exact) mass is 557 g/mol. The smallest absolute Gasteiger partial charge is 0.306 e. The minimum absolute atomic E-state index is 0.0168. The number of carbonyl (C=O) groups excluding carboxylic acids is 1. The van der Waals surface area contributed by atoms with Gasteiger partial charge in [-0.05, 0) is 62.8 Å². The van der Waals surface area contributed by atoms with Gasteiger partial charge in [0.1, 0.15) is 11.3 Å². The first-order chi connectivity index (χ1) is 19.2. The number of carboxylic acid groups (broad SMARTS) is 1. The van der Waals surface area contributed by atoms with Crippen LogP contribution in [0.2, 0.25) is 0 Å². The van der Waals surface area contributed by atoms with Crippen LogP contribution in [0.3, 0.4) is 0 Å². The third-order valence-corrected chi connectivity index (χ3v) is 7.82. The van der Waals surface area contributed by atoms with Gasteiger partial charge in [-0.25, -0.2) is 8.78 Å². The Morgan fingerprint density at radius 2 is 1.93 bits per heavy atom. The average Bonchev–Trinajstić information content (AvgIpc) is 3.52. The summed E-state index contributed by atoms with van der Waals surface area (Å²) in [6.45, 7) is 2.48. The van der Waals surface area contributed by atoms with Gasteiger partial charge in [-0.3, -0.25) is 9.59 Å². The number of amides is 1. The number of carbonyl (C=O) groups is 2. The summed E-state index contributed by atoms with van der Waals surface area (Å²) in [7, 11) is 1.57. The molecule has 2 heterocycles. The maximum atomic E-state index is 15.4. The molecule has 5 rings (SSSR count). The molecule has 2 aromatic carbocycles. The lowest BCUT2D eigenvalue weighted by Crippen LogP contribution is -2.39. The van der Waals surface area contributed by atoms with Crippen LogP contribution in [-0.2, 0) is 25.5 Å². The van der Waals surface area contributed by atoms with Crippen LogP contribution in [0.25, 0.3) is 11.1 Å². The molecule has 1 aliphatic carbocycles. The quantitative estimate of drug-likeness (QED) is 0.379. The summed E-state index contributed by atoms with van der Waals surface area (Å²) in [4.78, 5) is 30.5. The number of likely N-dealkylation sites (tertiary alicyclic amines) is 1. The zero-order valence-corrected chi connectivity index (χ0v) is 22.5. The zero-order valence-electron chi connectivity index (χ0n) is 22.5. The summed E-state index contributed by atoms with van der Waals surface area (Å²) >= 11 is 0. The molecule has 0 spiro atoms. The molecule has 0 radical (unpaired) electrons. The molecular formula is C29H33F2N3O6. The van der Waals surface area contributed by atoms with E-state index in [1.165, 1.54) is 18.2 Å². The number of hydrogen-bond acceptors (Lipinski definition) is 7. The molecular weight excluding hydrogens is 524 g/mol. The van der Waals surface area contributed by atoms with Crippen LogP contribution in [0.4, 0.5) is 20.5 Å². The standard InChI is InChI=1S/C29H33F2N3O6/c1-16-3-7-19(30)12-24(16)33-29-32-23-10-6-18(26(31)27(23)40-29)11-25(35)34-14-22(13-20(34)15-38-2)39-21-8-4-17(5-9-21)28(36)37/h3,6-7,10,12,17,20-22H,4-5,8-9,11,13-15H2,1-2H3,(H,32,33)(H,36,37)/t17?,20-,21?,22+/m0/s1. The van der Waals surface area contributed by atoms with Gasteiger partial charge in [-0.2, -0.15) is 4.98 Å². The summed E-state index contributed by atoms with van der Waals surface area (Å²) < 4.78 is 46.3. The number of benzene rings is 2. The van der Waals surface area contributed by atoms with Crippen LogP contribution in [-0.4, -0.2) is 65.4 Å². The van der Waals surface area contributed by atoms with Gasteiger partial charge in [0, 0.05) is 24.9 Å². The van der Waals surface area contributed by atoms with E-state index in [4.69, 9.17) is 13.9 Å². The van der Waals surface area contributed by atoms with Crippen molar-refractivity contribution in [2.24, 2.45) is 5.92 Å². The van der Waals surface area contributed by atoms with Crippen molar-refractivity contribution >= 4 is 34.7 Å². The normalized spacial score (nSPS) is 23.1. The fourth-order valence-electron chi connectivity index (χ4n) is 5.65.